The van der Waals surface area contributed by atoms with E-state index in [0.717, 1.165) is 6.20 Å². The topological polar surface area (TPSA) is 57.4 Å². The van der Waals surface area contributed by atoms with Crippen LogP contribution in [0.1, 0.15) is 19.5 Å². The lowest BCUT2D eigenvalue weighted by molar-refractivity contribution is -0.269. The van der Waals surface area contributed by atoms with Gasteiger partial charge in [0, 0.05) is 0 Å². The molecule has 0 amide bonds. The normalized spacial score (nSPS) is 23.0. The van der Waals surface area contributed by atoms with Gasteiger partial charge in [0.25, 0.3) is 0 Å². The molecular formula is C11H15FN2O2. The summed E-state index contributed by atoms with van der Waals surface area (Å²) in [5, 5.41) is 0. The van der Waals surface area contributed by atoms with Gasteiger partial charge in [-0.05, 0) is 26.0 Å². The van der Waals surface area contributed by atoms with E-state index in [2.05, 4.69) is 4.98 Å². The summed E-state index contributed by atoms with van der Waals surface area (Å²) < 4.78 is 23.7. The van der Waals surface area contributed by atoms with Crippen molar-refractivity contribution >= 4 is 0 Å². The van der Waals surface area contributed by atoms with Crippen LogP contribution in [-0.2, 0) is 15.0 Å². The highest BCUT2D eigenvalue weighted by atomic mass is 19.1. The zero-order valence-corrected chi connectivity index (χ0v) is 9.37. The Labute approximate surface area is 93.6 Å². The zero-order valence-electron chi connectivity index (χ0n) is 9.37. The maximum Gasteiger partial charge on any atom is 0.162 e. The third kappa shape index (κ3) is 2.21. The fraction of sp³-hybridized carbons (Fsp3) is 0.545. The van der Waals surface area contributed by atoms with Crippen LogP contribution in [0.3, 0.4) is 0 Å². The molecule has 2 heterocycles. The van der Waals surface area contributed by atoms with Crippen molar-refractivity contribution in [2.24, 2.45) is 5.73 Å². The van der Waals surface area contributed by atoms with Gasteiger partial charge in [-0.1, -0.05) is 0 Å². The molecule has 2 N–H and O–H groups in total. The highest BCUT2D eigenvalue weighted by molar-refractivity contribution is 5.17. The van der Waals surface area contributed by atoms with Crippen molar-refractivity contribution < 1.29 is 13.9 Å². The second-order valence-electron chi connectivity index (χ2n) is 4.49. The second kappa shape index (κ2) is 3.76. The molecule has 1 aliphatic heterocycles. The quantitative estimate of drug-likeness (QED) is 0.780. The highest BCUT2D eigenvalue weighted by Crippen LogP contribution is 2.27. The molecule has 1 saturated heterocycles. The zero-order chi connectivity index (χ0) is 11.8. The fourth-order valence-corrected chi connectivity index (χ4v) is 1.51. The minimum absolute atomic E-state index is 0.304. The number of halogens is 1. The van der Waals surface area contributed by atoms with Crippen LogP contribution in [0, 0.1) is 5.82 Å². The maximum absolute atomic E-state index is 12.7. The predicted molar refractivity (Wildman–Crippen MR) is 56.0 cm³/mol. The number of nitrogens with two attached hydrogens (primary N) is 1. The van der Waals surface area contributed by atoms with Gasteiger partial charge in [0.2, 0.25) is 0 Å². The summed E-state index contributed by atoms with van der Waals surface area (Å²) in [5.41, 5.74) is 5.89. The monoisotopic (exact) mass is 226 g/mol. The lowest BCUT2D eigenvalue weighted by Crippen LogP contribution is -2.55. The minimum atomic E-state index is -0.802. The standard InChI is InChI=1S/C11H15FN2O2/c1-10(2)15-6-11(13,7-16-10)9-4-3-8(12)5-14-9/h3-5H,6-7,13H2,1-2H3. The molecule has 0 radical (unpaired) electrons. The first-order chi connectivity index (χ1) is 7.41. The van der Waals surface area contributed by atoms with Gasteiger partial charge >= 0.3 is 0 Å². The SMILES string of the molecule is CC1(C)OCC(N)(c2ccc(F)cn2)CO1. The molecule has 1 aromatic rings. The predicted octanol–water partition coefficient (Wildman–Crippen LogP) is 1.16. The van der Waals surface area contributed by atoms with E-state index in [1.54, 1.807) is 6.07 Å². The molecule has 0 unspecified atom stereocenters. The molecule has 16 heavy (non-hydrogen) atoms. The van der Waals surface area contributed by atoms with E-state index in [0.29, 0.717) is 18.9 Å². The second-order valence-corrected chi connectivity index (χ2v) is 4.49. The molecule has 1 aromatic heterocycles. The molecule has 5 heteroatoms. The van der Waals surface area contributed by atoms with Crippen LogP contribution in [0.5, 0.6) is 0 Å². The molecule has 0 atom stereocenters. The lowest BCUT2D eigenvalue weighted by Gasteiger charge is -2.40. The number of rotatable bonds is 1. The van der Waals surface area contributed by atoms with Crippen LogP contribution < -0.4 is 5.73 Å². The first-order valence-electron chi connectivity index (χ1n) is 5.10. The van der Waals surface area contributed by atoms with Gasteiger partial charge in [-0.3, -0.25) is 4.98 Å². The van der Waals surface area contributed by atoms with Crippen LogP contribution in [0.25, 0.3) is 0 Å². The minimum Gasteiger partial charge on any atom is -0.348 e. The van der Waals surface area contributed by atoms with Crippen LogP contribution in [-0.4, -0.2) is 24.0 Å². The number of hydrogen-bond acceptors (Lipinski definition) is 4. The Kier molecular flexibility index (Phi) is 2.69. The molecule has 0 spiro atoms. The van der Waals surface area contributed by atoms with Crippen molar-refractivity contribution in [2.45, 2.75) is 25.2 Å². The van der Waals surface area contributed by atoms with E-state index in [1.165, 1.54) is 6.07 Å². The Morgan fingerprint density at radius 1 is 1.31 bits per heavy atom. The summed E-state index contributed by atoms with van der Waals surface area (Å²) in [5.74, 6) is -1.01. The largest absolute Gasteiger partial charge is 0.348 e. The molecule has 0 bridgehead atoms. The number of nitrogens with zero attached hydrogens (tertiary/aromatic N) is 1. The van der Waals surface area contributed by atoms with Gasteiger partial charge < -0.3 is 15.2 Å². The van der Waals surface area contributed by atoms with E-state index >= 15 is 0 Å². The lowest BCUT2D eigenvalue weighted by atomic mass is 9.96. The van der Waals surface area contributed by atoms with E-state index in [4.69, 9.17) is 15.2 Å². The van der Waals surface area contributed by atoms with Crippen molar-refractivity contribution in [3.63, 3.8) is 0 Å². The van der Waals surface area contributed by atoms with Gasteiger partial charge in [0.05, 0.1) is 25.1 Å². The Hall–Kier alpha value is -1.04. The van der Waals surface area contributed by atoms with E-state index in [1.807, 2.05) is 13.8 Å². The fourth-order valence-electron chi connectivity index (χ4n) is 1.51. The summed E-state index contributed by atoms with van der Waals surface area (Å²) in [4.78, 5) is 3.96. The summed E-state index contributed by atoms with van der Waals surface area (Å²) >= 11 is 0. The summed E-state index contributed by atoms with van der Waals surface area (Å²) in [7, 11) is 0. The number of pyridine rings is 1. The summed E-state index contributed by atoms with van der Waals surface area (Å²) in [6.45, 7) is 4.26. The molecule has 0 aliphatic carbocycles. The third-order valence-corrected chi connectivity index (χ3v) is 2.59. The molecule has 1 fully saturated rings. The maximum atomic E-state index is 12.7. The molecule has 0 saturated carbocycles. The average Bonchev–Trinajstić information content (AvgIpc) is 2.24. The molecule has 0 aromatic carbocycles. The Balaban J connectivity index is 2.18. The van der Waals surface area contributed by atoms with Crippen LogP contribution >= 0.6 is 0 Å². The number of ether oxygens (including phenoxy) is 2. The van der Waals surface area contributed by atoms with Crippen molar-refractivity contribution in [1.29, 1.82) is 0 Å². The Morgan fingerprint density at radius 3 is 2.44 bits per heavy atom. The molecule has 4 nitrogen and oxygen atoms in total. The van der Waals surface area contributed by atoms with Gasteiger partial charge in [-0.2, -0.15) is 0 Å². The van der Waals surface area contributed by atoms with Crippen LogP contribution in [0.15, 0.2) is 18.3 Å². The average molecular weight is 226 g/mol. The Morgan fingerprint density at radius 2 is 1.94 bits per heavy atom. The van der Waals surface area contributed by atoms with Crippen molar-refractivity contribution in [1.82, 2.24) is 4.98 Å². The van der Waals surface area contributed by atoms with Gasteiger partial charge in [-0.25, -0.2) is 4.39 Å². The van der Waals surface area contributed by atoms with Gasteiger partial charge in [0.1, 0.15) is 11.4 Å². The molecule has 88 valence electrons. The number of aromatic nitrogens is 1. The van der Waals surface area contributed by atoms with Crippen molar-refractivity contribution in [3.8, 4) is 0 Å². The first-order valence-corrected chi connectivity index (χ1v) is 5.10. The third-order valence-electron chi connectivity index (χ3n) is 2.59. The summed E-state index contributed by atoms with van der Waals surface area (Å²) in [6.07, 6.45) is 1.14. The molecule has 2 rings (SSSR count). The van der Waals surface area contributed by atoms with Gasteiger partial charge in [-0.15, -0.1) is 0 Å². The summed E-state index contributed by atoms with van der Waals surface area (Å²) in [6, 6.07) is 2.89. The van der Waals surface area contributed by atoms with Crippen LogP contribution in [0.2, 0.25) is 0 Å². The van der Waals surface area contributed by atoms with Gasteiger partial charge in [0.15, 0.2) is 5.79 Å². The highest BCUT2D eigenvalue weighted by Gasteiger charge is 2.39. The molecular weight excluding hydrogens is 211 g/mol. The van der Waals surface area contributed by atoms with Crippen LogP contribution in [0.4, 0.5) is 4.39 Å². The Bertz CT molecular complexity index is 368. The van der Waals surface area contributed by atoms with E-state index < -0.39 is 11.3 Å². The van der Waals surface area contributed by atoms with E-state index in [-0.39, 0.29) is 5.82 Å². The smallest absolute Gasteiger partial charge is 0.162 e. The first kappa shape index (κ1) is 11.4. The van der Waals surface area contributed by atoms with Crippen molar-refractivity contribution in [2.75, 3.05) is 13.2 Å². The number of hydrogen-bond donors (Lipinski definition) is 1. The van der Waals surface area contributed by atoms with Crippen molar-refractivity contribution in [3.05, 3.63) is 29.8 Å². The van der Waals surface area contributed by atoms with E-state index in [9.17, 15) is 4.39 Å². The molecule has 1 aliphatic rings.